The molecule has 6 heteroatoms. The van der Waals surface area contributed by atoms with Crippen LogP contribution in [-0.4, -0.2) is 38.7 Å². The van der Waals surface area contributed by atoms with Gasteiger partial charge in [-0.25, -0.2) is 4.39 Å². The highest BCUT2D eigenvalue weighted by molar-refractivity contribution is 5.82. The molecular weight excluding hydrogens is 429 g/mol. The first-order valence-corrected chi connectivity index (χ1v) is 11.8. The van der Waals surface area contributed by atoms with E-state index < -0.39 is 0 Å². The lowest BCUT2D eigenvalue weighted by atomic mass is 9.83. The molecule has 0 aromatic heterocycles. The van der Waals surface area contributed by atoms with Crippen molar-refractivity contribution in [3.63, 3.8) is 0 Å². The number of halogens is 1. The summed E-state index contributed by atoms with van der Waals surface area (Å²) in [6, 6.07) is 21.2. The predicted molar refractivity (Wildman–Crippen MR) is 133 cm³/mol. The fourth-order valence-corrected chi connectivity index (χ4v) is 5.15. The fourth-order valence-electron chi connectivity index (χ4n) is 5.15. The molecule has 176 valence electrons. The van der Waals surface area contributed by atoms with E-state index in [2.05, 4.69) is 58.4 Å². The SMILES string of the molecule is COc1ccc2c(c1)N1CCN(c3ccc(C)cc3)C[C@H]1[C@@H](C(=O)NCc1ccccc1F)C2. The van der Waals surface area contributed by atoms with Gasteiger partial charge in [0.15, 0.2) is 0 Å². The largest absolute Gasteiger partial charge is 0.497 e. The number of benzene rings is 3. The van der Waals surface area contributed by atoms with Crippen LogP contribution in [-0.2, 0) is 17.8 Å². The molecule has 5 nitrogen and oxygen atoms in total. The van der Waals surface area contributed by atoms with Crippen molar-refractivity contribution in [1.29, 1.82) is 0 Å². The molecule has 5 rings (SSSR count). The van der Waals surface area contributed by atoms with E-state index in [1.165, 1.54) is 17.3 Å². The lowest BCUT2D eigenvalue weighted by molar-refractivity contribution is -0.126. The van der Waals surface area contributed by atoms with Crippen LogP contribution in [0.15, 0.2) is 66.7 Å². The zero-order valence-corrected chi connectivity index (χ0v) is 19.6. The van der Waals surface area contributed by atoms with Gasteiger partial charge in [0.2, 0.25) is 5.91 Å². The van der Waals surface area contributed by atoms with E-state index in [1.54, 1.807) is 25.3 Å². The number of ether oxygens (including phenoxy) is 1. The van der Waals surface area contributed by atoms with E-state index in [0.29, 0.717) is 12.0 Å². The van der Waals surface area contributed by atoms with Crippen LogP contribution in [0.4, 0.5) is 15.8 Å². The normalized spacial score (nSPS) is 19.3. The molecule has 2 atom stereocenters. The number of methoxy groups -OCH3 is 1. The zero-order valence-electron chi connectivity index (χ0n) is 19.6. The Morgan fingerprint density at radius 3 is 2.65 bits per heavy atom. The summed E-state index contributed by atoms with van der Waals surface area (Å²) >= 11 is 0. The number of hydrogen-bond acceptors (Lipinski definition) is 4. The molecule has 34 heavy (non-hydrogen) atoms. The van der Waals surface area contributed by atoms with Crippen LogP contribution in [0.5, 0.6) is 5.75 Å². The fraction of sp³-hybridized carbons (Fsp3) is 0.321. The Hall–Kier alpha value is -3.54. The monoisotopic (exact) mass is 459 g/mol. The average molecular weight is 460 g/mol. The molecule has 0 radical (unpaired) electrons. The first-order chi connectivity index (χ1) is 16.5. The van der Waals surface area contributed by atoms with E-state index in [4.69, 9.17) is 4.74 Å². The molecule has 2 heterocycles. The maximum absolute atomic E-state index is 14.1. The number of carbonyl (C=O) groups is 1. The van der Waals surface area contributed by atoms with Crippen LogP contribution in [0.25, 0.3) is 0 Å². The van der Waals surface area contributed by atoms with Gasteiger partial charge in [0, 0.05) is 49.2 Å². The smallest absolute Gasteiger partial charge is 0.225 e. The van der Waals surface area contributed by atoms with Gasteiger partial charge in [-0.1, -0.05) is 42.0 Å². The van der Waals surface area contributed by atoms with Gasteiger partial charge in [-0.05, 0) is 43.2 Å². The lowest BCUT2D eigenvalue weighted by Crippen LogP contribution is -2.61. The Balaban J connectivity index is 1.42. The standard InChI is InChI=1S/C28H30FN3O2/c1-19-7-10-22(11-8-19)31-13-14-32-26-16-23(34-2)12-9-20(26)15-24(27(32)18-31)28(33)30-17-21-5-3-4-6-25(21)29/h3-12,16,24,27H,13-15,17-18H2,1-2H3,(H,30,33)/t24-,27-/m0/s1. The quantitative estimate of drug-likeness (QED) is 0.617. The molecule has 1 fully saturated rings. The summed E-state index contributed by atoms with van der Waals surface area (Å²) in [5.41, 5.74) is 5.19. The highest BCUT2D eigenvalue weighted by Gasteiger charge is 2.41. The first kappa shape index (κ1) is 22.3. The molecule has 0 aliphatic carbocycles. The Morgan fingerprint density at radius 2 is 1.88 bits per heavy atom. The summed E-state index contributed by atoms with van der Waals surface area (Å²) in [5, 5.41) is 3.01. The van der Waals surface area contributed by atoms with Gasteiger partial charge in [-0.2, -0.15) is 0 Å². The number of fused-ring (bicyclic) bond motifs is 3. The number of nitrogens with one attached hydrogen (secondary N) is 1. The van der Waals surface area contributed by atoms with Crippen molar-refractivity contribution >= 4 is 17.3 Å². The van der Waals surface area contributed by atoms with E-state index in [9.17, 15) is 9.18 Å². The molecule has 3 aromatic rings. The number of hydrogen-bond donors (Lipinski definition) is 1. The molecule has 1 saturated heterocycles. The van der Waals surface area contributed by atoms with Crippen LogP contribution in [0.2, 0.25) is 0 Å². The number of nitrogens with zero attached hydrogens (tertiary/aromatic N) is 2. The molecule has 0 spiro atoms. The molecule has 0 unspecified atom stereocenters. The lowest BCUT2D eigenvalue weighted by Gasteiger charge is -2.49. The van der Waals surface area contributed by atoms with Crippen LogP contribution < -0.4 is 19.9 Å². The van der Waals surface area contributed by atoms with Gasteiger partial charge in [-0.15, -0.1) is 0 Å². The van der Waals surface area contributed by atoms with Gasteiger partial charge in [-0.3, -0.25) is 4.79 Å². The minimum absolute atomic E-state index is 0.00952. The Labute approximate surface area is 200 Å². The minimum atomic E-state index is -0.297. The molecule has 1 N–H and O–H groups in total. The van der Waals surface area contributed by atoms with E-state index in [0.717, 1.165) is 36.6 Å². The Kier molecular flexibility index (Phi) is 6.14. The summed E-state index contributed by atoms with van der Waals surface area (Å²) in [6.45, 7) is 4.71. The number of carbonyl (C=O) groups excluding carboxylic acids is 1. The number of anilines is 2. The molecular formula is C28H30FN3O2. The van der Waals surface area contributed by atoms with Crippen molar-refractivity contribution in [2.75, 3.05) is 36.5 Å². The van der Waals surface area contributed by atoms with Crippen molar-refractivity contribution in [2.45, 2.75) is 25.9 Å². The van der Waals surface area contributed by atoms with E-state index in [1.807, 2.05) is 6.07 Å². The summed E-state index contributed by atoms with van der Waals surface area (Å²) in [7, 11) is 1.68. The van der Waals surface area contributed by atoms with Crippen molar-refractivity contribution in [1.82, 2.24) is 5.32 Å². The van der Waals surface area contributed by atoms with Crippen LogP contribution >= 0.6 is 0 Å². The topological polar surface area (TPSA) is 44.8 Å². The molecule has 1 amide bonds. The van der Waals surface area contributed by atoms with Crippen LogP contribution in [0.1, 0.15) is 16.7 Å². The molecule has 0 saturated carbocycles. The Bertz CT molecular complexity index is 1180. The molecule has 2 aliphatic heterocycles. The van der Waals surface area contributed by atoms with Crippen molar-refractivity contribution in [3.05, 3.63) is 89.2 Å². The van der Waals surface area contributed by atoms with Crippen LogP contribution in [0.3, 0.4) is 0 Å². The second-order valence-electron chi connectivity index (χ2n) is 9.16. The summed E-state index contributed by atoms with van der Waals surface area (Å²) < 4.78 is 19.6. The zero-order chi connectivity index (χ0) is 23.7. The molecule has 0 bridgehead atoms. The summed E-state index contributed by atoms with van der Waals surface area (Å²) in [4.78, 5) is 18.2. The number of amides is 1. The maximum atomic E-state index is 14.1. The second-order valence-corrected chi connectivity index (χ2v) is 9.16. The number of aryl methyl sites for hydroxylation is 1. The number of rotatable bonds is 5. The van der Waals surface area contributed by atoms with Crippen molar-refractivity contribution < 1.29 is 13.9 Å². The van der Waals surface area contributed by atoms with Gasteiger partial charge in [0.05, 0.1) is 19.1 Å². The molecule has 3 aromatic carbocycles. The third-order valence-corrected chi connectivity index (χ3v) is 7.07. The minimum Gasteiger partial charge on any atom is -0.497 e. The van der Waals surface area contributed by atoms with E-state index in [-0.39, 0.29) is 30.2 Å². The second kappa shape index (κ2) is 9.37. The highest BCUT2D eigenvalue weighted by Crippen LogP contribution is 2.39. The third kappa shape index (κ3) is 4.32. The third-order valence-electron chi connectivity index (χ3n) is 7.07. The molecule has 2 aliphatic rings. The number of piperazine rings is 1. The van der Waals surface area contributed by atoms with Gasteiger partial charge >= 0.3 is 0 Å². The summed E-state index contributed by atoms with van der Waals surface area (Å²) in [6.07, 6.45) is 0.644. The van der Waals surface area contributed by atoms with Gasteiger partial charge in [0.25, 0.3) is 0 Å². The predicted octanol–water partition coefficient (Wildman–Crippen LogP) is 4.33. The average Bonchev–Trinajstić information content (AvgIpc) is 2.87. The first-order valence-electron chi connectivity index (χ1n) is 11.8. The van der Waals surface area contributed by atoms with Crippen molar-refractivity contribution in [3.8, 4) is 5.75 Å². The maximum Gasteiger partial charge on any atom is 0.225 e. The van der Waals surface area contributed by atoms with Gasteiger partial charge in [0.1, 0.15) is 11.6 Å². The summed E-state index contributed by atoms with van der Waals surface area (Å²) in [5.74, 6) is 0.251. The van der Waals surface area contributed by atoms with Crippen LogP contribution in [0, 0.1) is 18.7 Å². The van der Waals surface area contributed by atoms with Crippen molar-refractivity contribution in [2.24, 2.45) is 5.92 Å². The highest BCUT2D eigenvalue weighted by atomic mass is 19.1. The van der Waals surface area contributed by atoms with E-state index >= 15 is 0 Å². The van der Waals surface area contributed by atoms with Gasteiger partial charge < -0.3 is 19.9 Å². The Morgan fingerprint density at radius 1 is 1.09 bits per heavy atom.